The maximum atomic E-state index is 4.86. The Bertz CT molecular complexity index is 1110. The van der Waals surface area contributed by atoms with E-state index in [1.165, 1.54) is 5.56 Å². The molecular weight excluding hydrogens is 360 g/mol. The number of aryl methyl sites for hydroxylation is 1. The van der Waals surface area contributed by atoms with E-state index in [0.29, 0.717) is 0 Å². The number of piperazine rings is 1. The standard InChI is InChI=1S/C23H26N6/c1-2-21-24-20-11-7-6-10-19(20)23-26-25-22(29(21)23)17-28-14-12-27(13-15-28)16-18-8-4-3-5-9-18/h3-11H,2,12-17H2,1H3. The number of hydrogen-bond acceptors (Lipinski definition) is 5. The summed E-state index contributed by atoms with van der Waals surface area (Å²) in [6.45, 7) is 8.23. The molecule has 1 aliphatic rings. The zero-order valence-corrected chi connectivity index (χ0v) is 16.8. The minimum atomic E-state index is 0.813. The van der Waals surface area contributed by atoms with E-state index in [1.807, 2.05) is 12.1 Å². The Morgan fingerprint density at radius 3 is 2.21 bits per heavy atom. The molecule has 0 unspecified atom stereocenters. The van der Waals surface area contributed by atoms with Gasteiger partial charge in [-0.1, -0.05) is 49.4 Å². The molecule has 1 saturated heterocycles. The molecule has 0 radical (unpaired) electrons. The highest BCUT2D eigenvalue weighted by atomic mass is 15.3. The van der Waals surface area contributed by atoms with Gasteiger partial charge < -0.3 is 0 Å². The van der Waals surface area contributed by atoms with Crippen LogP contribution in [0.1, 0.15) is 24.1 Å². The van der Waals surface area contributed by atoms with Gasteiger partial charge in [-0.2, -0.15) is 0 Å². The van der Waals surface area contributed by atoms with Crippen molar-refractivity contribution in [3.05, 3.63) is 71.8 Å². The summed E-state index contributed by atoms with van der Waals surface area (Å²) in [5, 5.41) is 10.1. The van der Waals surface area contributed by atoms with Crippen molar-refractivity contribution in [3.63, 3.8) is 0 Å². The first-order chi connectivity index (χ1) is 14.3. The highest BCUT2D eigenvalue weighted by Crippen LogP contribution is 2.20. The third-order valence-electron chi connectivity index (χ3n) is 5.78. The average molecular weight is 387 g/mol. The van der Waals surface area contributed by atoms with Crippen LogP contribution >= 0.6 is 0 Å². The lowest BCUT2D eigenvalue weighted by Crippen LogP contribution is -2.45. The average Bonchev–Trinajstić information content (AvgIpc) is 3.19. The monoisotopic (exact) mass is 386 g/mol. The Balaban J connectivity index is 1.33. The molecule has 2 aromatic heterocycles. The highest BCUT2D eigenvalue weighted by molar-refractivity contribution is 5.91. The lowest BCUT2D eigenvalue weighted by Gasteiger charge is -2.34. The molecule has 1 fully saturated rings. The van der Waals surface area contributed by atoms with E-state index in [0.717, 1.165) is 73.9 Å². The summed E-state index contributed by atoms with van der Waals surface area (Å²) in [5.74, 6) is 2.02. The molecule has 0 atom stereocenters. The van der Waals surface area contributed by atoms with Gasteiger partial charge in [0.1, 0.15) is 5.82 Å². The lowest BCUT2D eigenvalue weighted by molar-refractivity contribution is 0.119. The van der Waals surface area contributed by atoms with Crippen LogP contribution in [0.2, 0.25) is 0 Å². The highest BCUT2D eigenvalue weighted by Gasteiger charge is 2.20. The van der Waals surface area contributed by atoms with Crippen molar-refractivity contribution in [1.29, 1.82) is 0 Å². The fraction of sp³-hybridized carbons (Fsp3) is 0.348. The van der Waals surface area contributed by atoms with E-state index in [4.69, 9.17) is 4.98 Å². The van der Waals surface area contributed by atoms with Crippen molar-refractivity contribution in [2.45, 2.75) is 26.4 Å². The molecule has 148 valence electrons. The van der Waals surface area contributed by atoms with Crippen molar-refractivity contribution in [3.8, 4) is 0 Å². The fourth-order valence-electron chi connectivity index (χ4n) is 4.20. The van der Waals surface area contributed by atoms with Gasteiger partial charge >= 0.3 is 0 Å². The summed E-state index contributed by atoms with van der Waals surface area (Å²) >= 11 is 0. The number of hydrogen-bond donors (Lipinski definition) is 0. The molecule has 1 aliphatic heterocycles. The summed E-state index contributed by atoms with van der Waals surface area (Å²) in [6.07, 6.45) is 0.858. The van der Waals surface area contributed by atoms with Gasteiger partial charge in [-0.3, -0.25) is 14.2 Å². The molecule has 3 heterocycles. The Morgan fingerprint density at radius 2 is 1.45 bits per heavy atom. The lowest BCUT2D eigenvalue weighted by atomic mass is 10.2. The van der Waals surface area contributed by atoms with Crippen molar-refractivity contribution in [1.82, 2.24) is 29.4 Å². The minimum absolute atomic E-state index is 0.813. The van der Waals surface area contributed by atoms with Crippen LogP contribution in [0.4, 0.5) is 0 Å². The number of nitrogens with zero attached hydrogens (tertiary/aromatic N) is 6. The summed E-state index contributed by atoms with van der Waals surface area (Å²) in [4.78, 5) is 9.87. The van der Waals surface area contributed by atoms with Gasteiger partial charge in [0.05, 0.1) is 12.1 Å². The van der Waals surface area contributed by atoms with E-state index in [1.54, 1.807) is 0 Å². The zero-order valence-electron chi connectivity index (χ0n) is 16.8. The summed E-state index contributed by atoms with van der Waals surface area (Å²) < 4.78 is 2.17. The molecule has 0 amide bonds. The van der Waals surface area contributed by atoms with Gasteiger partial charge in [0.25, 0.3) is 0 Å². The first-order valence-electron chi connectivity index (χ1n) is 10.4. The van der Waals surface area contributed by atoms with Crippen LogP contribution < -0.4 is 0 Å². The molecule has 0 bridgehead atoms. The van der Waals surface area contributed by atoms with Crippen LogP contribution in [-0.4, -0.2) is 55.6 Å². The van der Waals surface area contributed by atoms with Crippen molar-refractivity contribution in [2.75, 3.05) is 26.2 Å². The largest absolute Gasteiger partial charge is 0.297 e. The molecule has 6 heteroatoms. The Labute approximate surface area is 170 Å². The van der Waals surface area contributed by atoms with E-state index in [2.05, 4.69) is 73.8 Å². The normalized spacial score (nSPS) is 16.0. The SMILES string of the molecule is CCc1nc2ccccc2c2nnc(CN3CCN(Cc4ccccc4)CC3)n12. The minimum Gasteiger partial charge on any atom is -0.297 e. The van der Waals surface area contributed by atoms with Crippen molar-refractivity contribution < 1.29 is 0 Å². The maximum absolute atomic E-state index is 4.86. The first kappa shape index (κ1) is 18.2. The van der Waals surface area contributed by atoms with Crippen LogP contribution in [-0.2, 0) is 19.5 Å². The third kappa shape index (κ3) is 3.61. The quantitative estimate of drug-likeness (QED) is 0.527. The van der Waals surface area contributed by atoms with Gasteiger partial charge in [-0.25, -0.2) is 4.98 Å². The molecule has 6 nitrogen and oxygen atoms in total. The van der Waals surface area contributed by atoms with Gasteiger partial charge in [0, 0.05) is 44.5 Å². The van der Waals surface area contributed by atoms with Gasteiger partial charge in [0.15, 0.2) is 11.5 Å². The molecule has 2 aromatic carbocycles. The predicted octanol–water partition coefficient (Wildman–Crippen LogP) is 3.16. The smallest absolute Gasteiger partial charge is 0.171 e. The van der Waals surface area contributed by atoms with Gasteiger partial charge in [-0.15, -0.1) is 10.2 Å². The molecule has 4 aromatic rings. The Hall–Kier alpha value is -2.83. The summed E-state index contributed by atoms with van der Waals surface area (Å²) in [6, 6.07) is 18.9. The van der Waals surface area contributed by atoms with Crippen LogP contribution in [0.5, 0.6) is 0 Å². The molecule has 5 rings (SSSR count). The topological polar surface area (TPSA) is 49.6 Å². The molecule has 0 spiro atoms. The van der Waals surface area contributed by atoms with E-state index < -0.39 is 0 Å². The van der Waals surface area contributed by atoms with Crippen LogP contribution in [0, 0.1) is 0 Å². The van der Waals surface area contributed by atoms with Gasteiger partial charge in [0.2, 0.25) is 0 Å². The van der Waals surface area contributed by atoms with Crippen LogP contribution in [0.25, 0.3) is 16.6 Å². The molecule has 0 N–H and O–H groups in total. The fourth-order valence-corrected chi connectivity index (χ4v) is 4.20. The van der Waals surface area contributed by atoms with Gasteiger partial charge in [-0.05, 0) is 17.7 Å². The Kier molecular flexibility index (Phi) is 4.96. The van der Waals surface area contributed by atoms with Crippen molar-refractivity contribution >= 4 is 16.6 Å². The van der Waals surface area contributed by atoms with E-state index in [-0.39, 0.29) is 0 Å². The predicted molar refractivity (Wildman–Crippen MR) is 115 cm³/mol. The summed E-state index contributed by atoms with van der Waals surface area (Å²) in [7, 11) is 0. The number of benzene rings is 2. The molecule has 29 heavy (non-hydrogen) atoms. The second-order valence-electron chi connectivity index (χ2n) is 7.71. The van der Waals surface area contributed by atoms with E-state index in [9.17, 15) is 0 Å². The van der Waals surface area contributed by atoms with Crippen LogP contribution in [0.3, 0.4) is 0 Å². The number of rotatable bonds is 5. The first-order valence-corrected chi connectivity index (χ1v) is 10.4. The number of aromatic nitrogens is 4. The zero-order chi connectivity index (χ0) is 19.6. The van der Waals surface area contributed by atoms with Crippen LogP contribution in [0.15, 0.2) is 54.6 Å². The summed E-state index contributed by atoms with van der Waals surface area (Å²) in [5.41, 5.74) is 3.30. The second-order valence-corrected chi connectivity index (χ2v) is 7.71. The number of fused-ring (bicyclic) bond motifs is 3. The second kappa shape index (κ2) is 7.89. The molecular formula is C23H26N6. The molecule has 0 saturated carbocycles. The molecule has 0 aliphatic carbocycles. The third-order valence-corrected chi connectivity index (χ3v) is 5.78. The Morgan fingerprint density at radius 1 is 0.759 bits per heavy atom. The van der Waals surface area contributed by atoms with E-state index >= 15 is 0 Å². The maximum Gasteiger partial charge on any atom is 0.171 e. The van der Waals surface area contributed by atoms with Crippen molar-refractivity contribution in [2.24, 2.45) is 0 Å². The number of para-hydroxylation sites is 1.